The average Bonchev–Trinajstić information content (AvgIpc) is 3.41. The first-order chi connectivity index (χ1) is 17.1. The first-order valence-electron chi connectivity index (χ1n) is 11.3. The van der Waals surface area contributed by atoms with Crippen molar-refractivity contribution in [1.82, 2.24) is 4.31 Å². The minimum atomic E-state index is -3.82. The van der Waals surface area contributed by atoms with Crippen LogP contribution in [-0.2, 0) is 20.0 Å². The van der Waals surface area contributed by atoms with Crippen LogP contribution >= 0.6 is 0 Å². The van der Waals surface area contributed by atoms with Gasteiger partial charge in [0.25, 0.3) is 15.9 Å². The van der Waals surface area contributed by atoms with Gasteiger partial charge in [0, 0.05) is 24.5 Å². The van der Waals surface area contributed by atoms with Crippen LogP contribution in [-0.4, -0.2) is 47.2 Å². The summed E-state index contributed by atoms with van der Waals surface area (Å²) in [5, 5.41) is 2.67. The van der Waals surface area contributed by atoms with Gasteiger partial charge < -0.3 is 10.1 Å². The lowest BCUT2D eigenvalue weighted by atomic mass is 10.2. The average molecular weight is 530 g/mol. The van der Waals surface area contributed by atoms with Gasteiger partial charge >= 0.3 is 0 Å². The SMILES string of the molecule is COc1ccc(S(=O)(=O)N2CCCC2)cc1C(=O)Nc1ccc(S(=O)(=O)Nc2ccc(C)cc2)cc1. The van der Waals surface area contributed by atoms with Crippen LogP contribution in [0, 0.1) is 6.92 Å². The molecule has 9 nitrogen and oxygen atoms in total. The number of nitrogens with zero attached hydrogens (tertiary/aromatic N) is 1. The summed E-state index contributed by atoms with van der Waals surface area (Å²) in [5.74, 6) is -0.368. The van der Waals surface area contributed by atoms with E-state index in [-0.39, 0.29) is 21.1 Å². The Bertz CT molecular complexity index is 1460. The zero-order valence-corrected chi connectivity index (χ0v) is 21.5. The van der Waals surface area contributed by atoms with Gasteiger partial charge in [0.15, 0.2) is 0 Å². The molecular formula is C25H27N3O6S2. The van der Waals surface area contributed by atoms with Gasteiger partial charge in [-0.2, -0.15) is 4.31 Å². The van der Waals surface area contributed by atoms with Gasteiger partial charge in [0.1, 0.15) is 5.75 Å². The van der Waals surface area contributed by atoms with Crippen LogP contribution in [0.5, 0.6) is 5.75 Å². The Hall–Kier alpha value is -3.41. The van der Waals surface area contributed by atoms with Crippen molar-refractivity contribution < 1.29 is 26.4 Å². The molecule has 1 heterocycles. The fraction of sp³-hybridized carbons (Fsp3) is 0.240. The molecule has 1 fully saturated rings. The number of sulfonamides is 2. The molecule has 0 atom stereocenters. The largest absolute Gasteiger partial charge is 0.496 e. The molecular weight excluding hydrogens is 502 g/mol. The summed E-state index contributed by atoms with van der Waals surface area (Å²) >= 11 is 0. The highest BCUT2D eigenvalue weighted by Crippen LogP contribution is 2.27. The Morgan fingerprint density at radius 3 is 2.03 bits per heavy atom. The second-order valence-electron chi connectivity index (χ2n) is 8.42. The zero-order chi connectivity index (χ0) is 25.9. The van der Waals surface area contributed by atoms with Crippen LogP contribution in [0.4, 0.5) is 11.4 Å². The van der Waals surface area contributed by atoms with Crippen molar-refractivity contribution in [2.75, 3.05) is 30.2 Å². The molecule has 0 unspecified atom stereocenters. The van der Waals surface area contributed by atoms with Crippen LogP contribution in [0.1, 0.15) is 28.8 Å². The molecule has 1 saturated heterocycles. The summed E-state index contributed by atoms with van der Waals surface area (Å²) in [6.07, 6.45) is 1.60. The summed E-state index contributed by atoms with van der Waals surface area (Å²) in [5.41, 5.74) is 1.84. The summed E-state index contributed by atoms with van der Waals surface area (Å²) < 4.78 is 60.4. The van der Waals surface area contributed by atoms with Crippen LogP contribution in [0.3, 0.4) is 0 Å². The van der Waals surface area contributed by atoms with Crippen LogP contribution in [0.2, 0.25) is 0 Å². The molecule has 2 N–H and O–H groups in total. The van der Waals surface area contributed by atoms with Crippen molar-refractivity contribution in [1.29, 1.82) is 0 Å². The molecule has 3 aromatic carbocycles. The van der Waals surface area contributed by atoms with E-state index in [1.807, 2.05) is 6.92 Å². The highest BCUT2D eigenvalue weighted by Gasteiger charge is 2.28. The molecule has 4 rings (SSSR count). The normalized spacial score (nSPS) is 14.4. The van der Waals surface area contributed by atoms with E-state index in [1.54, 1.807) is 24.3 Å². The van der Waals surface area contributed by atoms with Crippen molar-refractivity contribution in [2.45, 2.75) is 29.6 Å². The van der Waals surface area contributed by atoms with Crippen LogP contribution in [0.15, 0.2) is 76.5 Å². The number of carbonyl (C=O) groups is 1. The minimum Gasteiger partial charge on any atom is -0.496 e. The van der Waals surface area contributed by atoms with E-state index in [1.165, 1.54) is 53.9 Å². The van der Waals surface area contributed by atoms with Crippen molar-refractivity contribution in [3.63, 3.8) is 0 Å². The Balaban J connectivity index is 1.52. The molecule has 11 heteroatoms. The number of carbonyl (C=O) groups excluding carboxylic acids is 1. The molecule has 0 aromatic heterocycles. The lowest BCUT2D eigenvalue weighted by molar-refractivity contribution is 0.102. The molecule has 0 bridgehead atoms. The minimum absolute atomic E-state index is 0.0129. The Labute approximate surface area is 211 Å². The third-order valence-corrected chi connectivity index (χ3v) is 9.14. The third kappa shape index (κ3) is 5.53. The van der Waals surface area contributed by atoms with Crippen molar-refractivity contribution >= 4 is 37.3 Å². The lowest BCUT2D eigenvalue weighted by Crippen LogP contribution is -2.28. The van der Waals surface area contributed by atoms with Crippen molar-refractivity contribution in [3.05, 3.63) is 77.9 Å². The predicted octanol–water partition coefficient (Wildman–Crippen LogP) is 3.84. The molecule has 0 saturated carbocycles. The van der Waals surface area contributed by atoms with Gasteiger partial charge in [0.2, 0.25) is 10.0 Å². The lowest BCUT2D eigenvalue weighted by Gasteiger charge is -2.17. The topological polar surface area (TPSA) is 122 Å². The number of nitrogens with one attached hydrogen (secondary N) is 2. The number of rotatable bonds is 8. The monoisotopic (exact) mass is 529 g/mol. The Kier molecular flexibility index (Phi) is 7.34. The number of anilines is 2. The first kappa shape index (κ1) is 25.7. The summed E-state index contributed by atoms with van der Waals surface area (Å²) in [7, 11) is -6.15. The molecule has 190 valence electrons. The number of hydrogen-bond donors (Lipinski definition) is 2. The van der Waals surface area contributed by atoms with Gasteiger partial charge in [-0.1, -0.05) is 17.7 Å². The number of methoxy groups -OCH3 is 1. The molecule has 1 aliphatic heterocycles. The molecule has 1 aliphatic rings. The molecule has 36 heavy (non-hydrogen) atoms. The van der Waals surface area contributed by atoms with Gasteiger partial charge in [-0.05, 0) is 74.4 Å². The van der Waals surface area contributed by atoms with Crippen LogP contribution in [0.25, 0.3) is 0 Å². The van der Waals surface area contributed by atoms with Gasteiger partial charge in [-0.3, -0.25) is 9.52 Å². The number of amides is 1. The zero-order valence-electron chi connectivity index (χ0n) is 19.9. The van der Waals surface area contributed by atoms with E-state index in [0.717, 1.165) is 18.4 Å². The Morgan fingerprint density at radius 1 is 0.833 bits per heavy atom. The van der Waals surface area contributed by atoms with E-state index in [4.69, 9.17) is 4.74 Å². The fourth-order valence-electron chi connectivity index (χ4n) is 3.85. The maximum Gasteiger partial charge on any atom is 0.261 e. The fourth-order valence-corrected chi connectivity index (χ4v) is 6.46. The van der Waals surface area contributed by atoms with Gasteiger partial charge in [0.05, 0.1) is 22.5 Å². The maximum absolute atomic E-state index is 13.0. The number of benzene rings is 3. The molecule has 0 radical (unpaired) electrons. The second kappa shape index (κ2) is 10.3. The highest BCUT2D eigenvalue weighted by atomic mass is 32.2. The van der Waals surface area contributed by atoms with Crippen molar-refractivity contribution in [3.8, 4) is 5.75 Å². The van der Waals surface area contributed by atoms with E-state index in [9.17, 15) is 21.6 Å². The van der Waals surface area contributed by atoms with Gasteiger partial charge in [-0.25, -0.2) is 16.8 Å². The third-order valence-electron chi connectivity index (χ3n) is 5.84. The quantitative estimate of drug-likeness (QED) is 0.457. The molecule has 1 amide bonds. The maximum atomic E-state index is 13.0. The van der Waals surface area contributed by atoms with E-state index in [2.05, 4.69) is 10.0 Å². The number of hydrogen-bond acceptors (Lipinski definition) is 6. The van der Waals surface area contributed by atoms with E-state index >= 15 is 0 Å². The standard InChI is InChI=1S/C25H27N3O6S2/c1-18-5-7-20(8-6-18)27-35(30,31)21-11-9-19(10-12-21)26-25(29)23-17-22(13-14-24(23)34-2)36(32,33)28-15-3-4-16-28/h5-14,17,27H,3-4,15-16H2,1-2H3,(H,26,29). The predicted molar refractivity (Wildman–Crippen MR) is 137 cm³/mol. The highest BCUT2D eigenvalue weighted by molar-refractivity contribution is 7.92. The Morgan fingerprint density at radius 2 is 1.42 bits per heavy atom. The van der Waals surface area contributed by atoms with Gasteiger partial charge in [-0.15, -0.1) is 0 Å². The van der Waals surface area contributed by atoms with Crippen LogP contribution < -0.4 is 14.8 Å². The summed E-state index contributed by atoms with van der Waals surface area (Å²) in [6, 6.07) is 16.8. The van der Waals surface area contributed by atoms with E-state index in [0.29, 0.717) is 24.5 Å². The molecule has 3 aromatic rings. The number of aryl methyl sites for hydroxylation is 1. The summed E-state index contributed by atoms with van der Waals surface area (Å²) in [4.78, 5) is 13.1. The first-order valence-corrected chi connectivity index (χ1v) is 14.2. The summed E-state index contributed by atoms with van der Waals surface area (Å²) in [6.45, 7) is 2.80. The smallest absolute Gasteiger partial charge is 0.261 e. The van der Waals surface area contributed by atoms with Crippen molar-refractivity contribution in [2.24, 2.45) is 0 Å². The number of ether oxygens (including phenoxy) is 1. The molecule has 0 aliphatic carbocycles. The van der Waals surface area contributed by atoms with E-state index < -0.39 is 26.0 Å². The second-order valence-corrected chi connectivity index (χ2v) is 12.0. The molecule has 0 spiro atoms.